The molecule has 0 spiro atoms. The van der Waals surface area contributed by atoms with Crippen molar-refractivity contribution in [3.8, 4) is 0 Å². The van der Waals surface area contributed by atoms with Gasteiger partial charge in [-0.15, -0.1) is 0 Å². The number of aromatic nitrogens is 1. The zero-order valence-corrected chi connectivity index (χ0v) is 10.0. The molecule has 0 saturated heterocycles. The number of anilines is 1. The Morgan fingerprint density at radius 1 is 1.17 bits per heavy atom. The predicted molar refractivity (Wildman–Crippen MR) is 69.1 cm³/mol. The average molecular weight is 242 g/mol. The first-order chi connectivity index (χ1) is 8.81. The molecule has 0 radical (unpaired) electrons. The van der Waals surface area contributed by atoms with E-state index in [4.69, 9.17) is 4.74 Å². The van der Waals surface area contributed by atoms with E-state index in [9.17, 15) is 4.79 Å². The van der Waals surface area contributed by atoms with E-state index in [1.54, 1.807) is 18.3 Å². The lowest BCUT2D eigenvalue weighted by Gasteiger charge is -2.15. The quantitative estimate of drug-likeness (QED) is 0.895. The minimum atomic E-state index is -0.631. The molecule has 0 saturated carbocycles. The number of carbonyl (C=O) groups is 1. The Kier molecular flexibility index (Phi) is 4.04. The van der Waals surface area contributed by atoms with Crippen LogP contribution in [0.2, 0.25) is 0 Å². The maximum Gasteiger partial charge on any atom is 0.259 e. The number of pyridine rings is 1. The second-order valence-corrected chi connectivity index (χ2v) is 3.73. The second-order valence-electron chi connectivity index (χ2n) is 3.73. The van der Waals surface area contributed by atoms with Crippen molar-refractivity contribution in [2.45, 2.75) is 6.10 Å². The minimum absolute atomic E-state index is 0.234. The summed E-state index contributed by atoms with van der Waals surface area (Å²) < 4.78 is 5.23. The van der Waals surface area contributed by atoms with Gasteiger partial charge in [-0.3, -0.25) is 4.79 Å². The summed E-state index contributed by atoms with van der Waals surface area (Å²) >= 11 is 0. The van der Waals surface area contributed by atoms with Gasteiger partial charge in [0.05, 0.1) is 0 Å². The molecule has 1 amide bonds. The largest absolute Gasteiger partial charge is 0.367 e. The molecule has 1 heterocycles. The molecule has 0 fully saturated rings. The van der Waals surface area contributed by atoms with E-state index in [0.29, 0.717) is 5.82 Å². The smallest absolute Gasteiger partial charge is 0.259 e. The number of hydrogen-bond donors (Lipinski definition) is 1. The van der Waals surface area contributed by atoms with Gasteiger partial charge in [0, 0.05) is 13.3 Å². The molecule has 0 aliphatic carbocycles. The van der Waals surface area contributed by atoms with Crippen LogP contribution in [-0.4, -0.2) is 18.0 Å². The van der Waals surface area contributed by atoms with Gasteiger partial charge in [-0.25, -0.2) is 4.98 Å². The Hall–Kier alpha value is -2.20. The Labute approximate surface area is 106 Å². The zero-order valence-electron chi connectivity index (χ0n) is 10.0. The molecule has 2 aromatic rings. The van der Waals surface area contributed by atoms with Gasteiger partial charge in [0.25, 0.3) is 5.91 Å². The highest BCUT2D eigenvalue weighted by Crippen LogP contribution is 2.17. The first kappa shape index (κ1) is 12.3. The van der Waals surface area contributed by atoms with Gasteiger partial charge >= 0.3 is 0 Å². The van der Waals surface area contributed by atoms with Gasteiger partial charge in [0.1, 0.15) is 5.82 Å². The van der Waals surface area contributed by atoms with Crippen molar-refractivity contribution in [1.29, 1.82) is 0 Å². The molecular weight excluding hydrogens is 228 g/mol. The van der Waals surface area contributed by atoms with Crippen molar-refractivity contribution >= 4 is 11.7 Å². The molecule has 18 heavy (non-hydrogen) atoms. The summed E-state index contributed by atoms with van der Waals surface area (Å²) in [5, 5.41) is 2.72. The zero-order chi connectivity index (χ0) is 12.8. The van der Waals surface area contributed by atoms with E-state index < -0.39 is 6.10 Å². The van der Waals surface area contributed by atoms with Crippen molar-refractivity contribution in [1.82, 2.24) is 4.98 Å². The average Bonchev–Trinajstić information content (AvgIpc) is 2.42. The number of nitrogens with zero attached hydrogens (tertiary/aromatic N) is 1. The summed E-state index contributed by atoms with van der Waals surface area (Å²) in [6, 6.07) is 14.7. The Bertz CT molecular complexity index is 500. The molecule has 0 bridgehead atoms. The van der Waals surface area contributed by atoms with Gasteiger partial charge in [-0.2, -0.15) is 0 Å². The SMILES string of the molecule is COC(C(=O)Nc1ccccn1)c1ccccc1. The number of rotatable bonds is 4. The van der Waals surface area contributed by atoms with E-state index in [1.807, 2.05) is 36.4 Å². The number of hydrogen-bond acceptors (Lipinski definition) is 3. The fourth-order valence-corrected chi connectivity index (χ4v) is 1.65. The van der Waals surface area contributed by atoms with Crippen LogP contribution in [0.5, 0.6) is 0 Å². The van der Waals surface area contributed by atoms with Crippen LogP contribution in [0.4, 0.5) is 5.82 Å². The summed E-state index contributed by atoms with van der Waals surface area (Å²) in [7, 11) is 1.51. The highest BCUT2D eigenvalue weighted by molar-refractivity contribution is 5.94. The van der Waals surface area contributed by atoms with Crippen molar-refractivity contribution in [2.24, 2.45) is 0 Å². The Morgan fingerprint density at radius 3 is 2.50 bits per heavy atom. The number of ether oxygens (including phenoxy) is 1. The maximum absolute atomic E-state index is 12.1. The Morgan fingerprint density at radius 2 is 1.89 bits per heavy atom. The number of nitrogens with one attached hydrogen (secondary N) is 1. The summed E-state index contributed by atoms with van der Waals surface area (Å²) in [6.07, 6.45) is 0.994. The first-order valence-electron chi connectivity index (χ1n) is 5.61. The lowest BCUT2D eigenvalue weighted by Crippen LogP contribution is -2.22. The van der Waals surface area contributed by atoms with Gasteiger partial charge < -0.3 is 10.1 Å². The van der Waals surface area contributed by atoms with Crippen molar-refractivity contribution < 1.29 is 9.53 Å². The molecule has 1 aromatic carbocycles. The molecule has 1 atom stereocenters. The van der Waals surface area contributed by atoms with E-state index in [1.165, 1.54) is 7.11 Å². The lowest BCUT2D eigenvalue weighted by atomic mass is 10.1. The van der Waals surface area contributed by atoms with E-state index in [0.717, 1.165) is 5.56 Å². The highest BCUT2D eigenvalue weighted by Gasteiger charge is 2.19. The van der Waals surface area contributed by atoms with Gasteiger partial charge in [0.15, 0.2) is 6.10 Å². The molecule has 4 nitrogen and oxygen atoms in total. The normalized spacial score (nSPS) is 11.8. The molecule has 92 valence electrons. The highest BCUT2D eigenvalue weighted by atomic mass is 16.5. The molecule has 1 aromatic heterocycles. The third-order valence-corrected chi connectivity index (χ3v) is 2.49. The van der Waals surface area contributed by atoms with Crippen LogP contribution < -0.4 is 5.32 Å². The minimum Gasteiger partial charge on any atom is -0.367 e. The second kappa shape index (κ2) is 5.93. The standard InChI is InChI=1S/C14H14N2O2/c1-18-13(11-7-3-2-4-8-11)14(17)16-12-9-5-6-10-15-12/h2-10,13H,1H3,(H,15,16,17). The van der Waals surface area contributed by atoms with Crippen LogP contribution >= 0.6 is 0 Å². The van der Waals surface area contributed by atoms with Crippen LogP contribution in [0.25, 0.3) is 0 Å². The van der Waals surface area contributed by atoms with Gasteiger partial charge in [0.2, 0.25) is 0 Å². The fourth-order valence-electron chi connectivity index (χ4n) is 1.65. The van der Waals surface area contributed by atoms with Crippen LogP contribution in [0.3, 0.4) is 0 Å². The van der Waals surface area contributed by atoms with E-state index in [-0.39, 0.29) is 5.91 Å². The van der Waals surface area contributed by atoms with Crippen LogP contribution in [0.1, 0.15) is 11.7 Å². The molecule has 4 heteroatoms. The van der Waals surface area contributed by atoms with Crippen molar-refractivity contribution in [3.63, 3.8) is 0 Å². The van der Waals surface area contributed by atoms with Crippen LogP contribution in [0, 0.1) is 0 Å². The molecule has 0 aliphatic rings. The number of benzene rings is 1. The molecular formula is C14H14N2O2. The topological polar surface area (TPSA) is 51.2 Å². The number of amides is 1. The molecule has 0 aliphatic heterocycles. The van der Waals surface area contributed by atoms with E-state index in [2.05, 4.69) is 10.3 Å². The summed E-state index contributed by atoms with van der Waals surface area (Å²) in [4.78, 5) is 16.1. The first-order valence-corrected chi connectivity index (χ1v) is 5.61. The molecule has 2 rings (SSSR count). The van der Waals surface area contributed by atoms with Gasteiger partial charge in [-0.1, -0.05) is 36.4 Å². The summed E-state index contributed by atoms with van der Waals surface area (Å²) in [6.45, 7) is 0. The Balaban J connectivity index is 2.12. The van der Waals surface area contributed by atoms with E-state index >= 15 is 0 Å². The van der Waals surface area contributed by atoms with Crippen molar-refractivity contribution in [2.75, 3.05) is 12.4 Å². The monoisotopic (exact) mass is 242 g/mol. The lowest BCUT2D eigenvalue weighted by molar-refractivity contribution is -0.126. The molecule has 1 N–H and O–H groups in total. The summed E-state index contributed by atoms with van der Waals surface area (Å²) in [5.41, 5.74) is 0.813. The third-order valence-electron chi connectivity index (χ3n) is 2.49. The molecule has 1 unspecified atom stereocenters. The predicted octanol–water partition coefficient (Wildman–Crippen LogP) is 2.41. The van der Waals surface area contributed by atoms with Crippen molar-refractivity contribution in [3.05, 3.63) is 60.3 Å². The fraction of sp³-hybridized carbons (Fsp3) is 0.143. The number of carbonyl (C=O) groups excluding carboxylic acids is 1. The third kappa shape index (κ3) is 2.93. The number of methoxy groups -OCH3 is 1. The van der Waals surface area contributed by atoms with Gasteiger partial charge in [-0.05, 0) is 17.7 Å². The van der Waals surface area contributed by atoms with Crippen LogP contribution in [0.15, 0.2) is 54.7 Å². The summed E-state index contributed by atoms with van der Waals surface area (Å²) in [5.74, 6) is 0.280. The maximum atomic E-state index is 12.1. The van der Waals surface area contributed by atoms with Crippen LogP contribution in [-0.2, 0) is 9.53 Å².